The number of anilines is 1. The fourth-order valence-electron chi connectivity index (χ4n) is 2.91. The van der Waals surface area contributed by atoms with Gasteiger partial charge in [-0.3, -0.25) is 9.59 Å². The van der Waals surface area contributed by atoms with Crippen LogP contribution < -0.4 is 11.1 Å². The third-order valence-electron chi connectivity index (χ3n) is 4.40. The smallest absolute Gasteiger partial charge is 0.248 e. The Kier molecular flexibility index (Phi) is 6.86. The third-order valence-corrected chi connectivity index (χ3v) is 7.64. The van der Waals surface area contributed by atoms with Crippen LogP contribution in [-0.4, -0.2) is 27.8 Å². The molecule has 2 amide bonds. The van der Waals surface area contributed by atoms with Crippen LogP contribution in [0.25, 0.3) is 10.8 Å². The highest BCUT2D eigenvalue weighted by atomic mass is 32.2. The van der Waals surface area contributed by atoms with Crippen molar-refractivity contribution >= 4 is 63.1 Å². The second-order valence-corrected chi connectivity index (χ2v) is 9.96. The molecule has 0 unspecified atom stereocenters. The van der Waals surface area contributed by atoms with Gasteiger partial charge in [0.25, 0.3) is 0 Å². The zero-order chi connectivity index (χ0) is 21.6. The van der Waals surface area contributed by atoms with Crippen molar-refractivity contribution in [2.24, 2.45) is 5.73 Å². The Balaban J connectivity index is 1.29. The van der Waals surface area contributed by atoms with E-state index >= 15 is 0 Å². The van der Waals surface area contributed by atoms with Crippen LogP contribution in [0.1, 0.15) is 15.9 Å². The third kappa shape index (κ3) is 5.63. The molecule has 0 spiro atoms. The van der Waals surface area contributed by atoms with Gasteiger partial charge < -0.3 is 11.1 Å². The van der Waals surface area contributed by atoms with Crippen molar-refractivity contribution in [2.45, 2.75) is 14.4 Å². The number of carbonyl (C=O) groups is 2. The van der Waals surface area contributed by atoms with Gasteiger partial charge in [-0.15, -0.1) is 10.2 Å². The molecule has 0 atom stereocenters. The maximum atomic E-state index is 12.2. The lowest BCUT2D eigenvalue weighted by atomic mass is 10.1. The van der Waals surface area contributed by atoms with Crippen molar-refractivity contribution in [3.05, 3.63) is 77.9 Å². The van der Waals surface area contributed by atoms with E-state index < -0.39 is 5.91 Å². The minimum absolute atomic E-state index is 0.156. The van der Waals surface area contributed by atoms with Crippen LogP contribution in [0.4, 0.5) is 5.69 Å². The first-order chi connectivity index (χ1) is 15.1. The lowest BCUT2D eigenvalue weighted by molar-refractivity contribution is -0.113. The lowest BCUT2D eigenvalue weighted by Crippen LogP contribution is -2.14. The Bertz CT molecular complexity index is 1220. The van der Waals surface area contributed by atoms with Crippen LogP contribution in [0.2, 0.25) is 0 Å². The number of nitrogens with zero attached hydrogens (tertiary/aromatic N) is 2. The van der Waals surface area contributed by atoms with Crippen molar-refractivity contribution < 1.29 is 9.59 Å². The van der Waals surface area contributed by atoms with Crippen LogP contribution in [0.15, 0.2) is 75.4 Å². The maximum Gasteiger partial charge on any atom is 0.248 e. The van der Waals surface area contributed by atoms with E-state index in [0.29, 0.717) is 11.3 Å². The topological polar surface area (TPSA) is 98.0 Å². The Morgan fingerprint density at radius 3 is 2.39 bits per heavy atom. The van der Waals surface area contributed by atoms with Gasteiger partial charge >= 0.3 is 0 Å². The van der Waals surface area contributed by atoms with Gasteiger partial charge in [-0.2, -0.15) is 0 Å². The quantitative estimate of drug-likeness (QED) is 0.362. The van der Waals surface area contributed by atoms with E-state index in [4.69, 9.17) is 5.73 Å². The molecular formula is C22H18N4O2S3. The van der Waals surface area contributed by atoms with Crippen molar-refractivity contribution in [3.63, 3.8) is 0 Å². The number of fused-ring (bicyclic) bond motifs is 1. The van der Waals surface area contributed by atoms with Crippen LogP contribution in [0, 0.1) is 0 Å². The zero-order valence-corrected chi connectivity index (χ0v) is 18.7. The molecule has 0 fully saturated rings. The van der Waals surface area contributed by atoms with E-state index in [1.807, 2.05) is 12.1 Å². The molecular weight excluding hydrogens is 448 g/mol. The highest BCUT2D eigenvalue weighted by Crippen LogP contribution is 2.32. The Labute approximate surface area is 191 Å². The van der Waals surface area contributed by atoms with Crippen LogP contribution in [0.3, 0.4) is 0 Å². The molecule has 6 nitrogen and oxygen atoms in total. The first-order valence-corrected chi connectivity index (χ1v) is 12.1. The lowest BCUT2D eigenvalue weighted by Gasteiger charge is -2.05. The Morgan fingerprint density at radius 1 is 0.903 bits per heavy atom. The first kappa shape index (κ1) is 21.4. The molecule has 0 aliphatic carbocycles. The van der Waals surface area contributed by atoms with Crippen LogP contribution in [-0.2, 0) is 10.5 Å². The van der Waals surface area contributed by atoms with E-state index in [0.717, 1.165) is 14.4 Å². The zero-order valence-electron chi connectivity index (χ0n) is 16.3. The minimum atomic E-state index is -0.501. The van der Waals surface area contributed by atoms with E-state index in [1.165, 1.54) is 39.4 Å². The summed E-state index contributed by atoms with van der Waals surface area (Å²) in [4.78, 5) is 23.3. The molecule has 0 aliphatic rings. The fraction of sp³-hybridized carbons (Fsp3) is 0.0909. The number of primary amides is 1. The molecule has 1 heterocycles. The summed E-state index contributed by atoms with van der Waals surface area (Å²) in [6.07, 6.45) is 0. The van der Waals surface area contributed by atoms with Crippen molar-refractivity contribution in [3.8, 4) is 0 Å². The summed E-state index contributed by atoms with van der Waals surface area (Å²) in [5.74, 6) is 0.374. The van der Waals surface area contributed by atoms with Gasteiger partial charge in [0.1, 0.15) is 0 Å². The van der Waals surface area contributed by atoms with E-state index in [1.54, 1.807) is 36.0 Å². The molecule has 31 heavy (non-hydrogen) atoms. The molecule has 0 saturated heterocycles. The molecule has 4 aromatic rings. The molecule has 156 valence electrons. The number of amides is 2. The average molecular weight is 467 g/mol. The van der Waals surface area contributed by atoms with E-state index in [2.05, 4.69) is 45.8 Å². The molecule has 0 aliphatic heterocycles. The summed E-state index contributed by atoms with van der Waals surface area (Å²) in [6.45, 7) is 0. The van der Waals surface area contributed by atoms with E-state index in [9.17, 15) is 9.59 Å². The molecule has 3 aromatic carbocycles. The predicted octanol–water partition coefficient (Wildman–Crippen LogP) is 4.81. The van der Waals surface area contributed by atoms with Gasteiger partial charge in [0.05, 0.1) is 5.75 Å². The number of aromatic nitrogens is 2. The summed E-state index contributed by atoms with van der Waals surface area (Å²) in [6, 6.07) is 21.1. The van der Waals surface area contributed by atoms with Gasteiger partial charge in [0.15, 0.2) is 8.68 Å². The highest BCUT2D eigenvalue weighted by molar-refractivity contribution is 8.03. The second kappa shape index (κ2) is 9.95. The van der Waals surface area contributed by atoms with Gasteiger partial charge in [-0.05, 0) is 40.6 Å². The molecule has 1 aromatic heterocycles. The van der Waals surface area contributed by atoms with Crippen LogP contribution >= 0.6 is 34.9 Å². The summed E-state index contributed by atoms with van der Waals surface area (Å²) < 4.78 is 1.62. The number of thioether (sulfide) groups is 2. The standard InChI is InChI=1S/C22H18N4O2S3/c23-20(28)15-8-10-17(11-9-15)24-19(27)13-30-22-26-25-21(31-22)29-12-16-6-3-5-14-4-1-2-7-18(14)16/h1-11H,12-13H2,(H2,23,28)(H,24,27). The molecule has 0 radical (unpaired) electrons. The number of nitrogens with one attached hydrogen (secondary N) is 1. The summed E-state index contributed by atoms with van der Waals surface area (Å²) >= 11 is 4.47. The monoisotopic (exact) mass is 466 g/mol. The van der Waals surface area contributed by atoms with Crippen molar-refractivity contribution in [2.75, 3.05) is 11.1 Å². The Hall–Kier alpha value is -2.88. The number of carbonyl (C=O) groups excluding carboxylic acids is 2. The molecule has 3 N–H and O–H groups in total. The van der Waals surface area contributed by atoms with Gasteiger partial charge in [-0.25, -0.2) is 0 Å². The average Bonchev–Trinajstić information content (AvgIpc) is 3.24. The number of hydrogen-bond acceptors (Lipinski definition) is 7. The van der Waals surface area contributed by atoms with Gasteiger partial charge in [0, 0.05) is 17.0 Å². The minimum Gasteiger partial charge on any atom is -0.366 e. The molecule has 0 bridgehead atoms. The van der Waals surface area contributed by atoms with Gasteiger partial charge in [0.2, 0.25) is 11.8 Å². The number of hydrogen-bond donors (Lipinski definition) is 2. The number of benzene rings is 3. The maximum absolute atomic E-state index is 12.2. The van der Waals surface area contributed by atoms with Crippen molar-refractivity contribution in [1.29, 1.82) is 0 Å². The van der Waals surface area contributed by atoms with E-state index in [-0.39, 0.29) is 11.7 Å². The summed E-state index contributed by atoms with van der Waals surface area (Å²) in [5, 5.41) is 13.7. The van der Waals surface area contributed by atoms with Gasteiger partial charge in [-0.1, -0.05) is 77.3 Å². The first-order valence-electron chi connectivity index (χ1n) is 9.34. The molecule has 4 rings (SSSR count). The highest BCUT2D eigenvalue weighted by Gasteiger charge is 2.10. The largest absolute Gasteiger partial charge is 0.366 e. The Morgan fingerprint density at radius 2 is 1.61 bits per heavy atom. The fourth-order valence-corrected chi connectivity index (χ4v) is 5.74. The second-order valence-electron chi connectivity index (χ2n) is 6.54. The number of nitrogens with two attached hydrogens (primary N) is 1. The van der Waals surface area contributed by atoms with Crippen molar-refractivity contribution in [1.82, 2.24) is 10.2 Å². The molecule has 9 heteroatoms. The molecule has 0 saturated carbocycles. The predicted molar refractivity (Wildman–Crippen MR) is 128 cm³/mol. The SMILES string of the molecule is NC(=O)c1ccc(NC(=O)CSc2nnc(SCc3cccc4ccccc34)s2)cc1. The number of rotatable bonds is 8. The summed E-state index contributed by atoms with van der Waals surface area (Å²) in [5.41, 5.74) is 7.48. The van der Waals surface area contributed by atoms with Crippen LogP contribution in [0.5, 0.6) is 0 Å². The summed E-state index contributed by atoms with van der Waals surface area (Å²) in [7, 11) is 0. The normalized spacial score (nSPS) is 10.8.